The predicted molar refractivity (Wildman–Crippen MR) is 46.8 cm³/mol. The minimum atomic E-state index is 0.529. The summed E-state index contributed by atoms with van der Waals surface area (Å²) < 4.78 is 0.529. The Morgan fingerprint density at radius 2 is 2.30 bits per heavy atom. The van der Waals surface area contributed by atoms with Crippen LogP contribution in [0.15, 0.2) is 16.1 Å². The van der Waals surface area contributed by atoms with Crippen molar-refractivity contribution in [3.63, 3.8) is 0 Å². The van der Waals surface area contributed by atoms with Gasteiger partial charge < -0.3 is 0 Å². The smallest absolute Gasteiger partial charge is 0.140 e. The van der Waals surface area contributed by atoms with Gasteiger partial charge in [0.1, 0.15) is 10.4 Å². The Balaban J connectivity index is 4.06. The lowest BCUT2D eigenvalue weighted by molar-refractivity contribution is 0.568. The Bertz CT molecular complexity index is 176. The van der Waals surface area contributed by atoms with Crippen LogP contribution in [0.3, 0.4) is 0 Å². The first kappa shape index (κ1) is 9.67. The molecule has 0 aliphatic rings. The van der Waals surface area contributed by atoms with Gasteiger partial charge in [-0.2, -0.15) is 0 Å². The van der Waals surface area contributed by atoms with E-state index < -0.39 is 0 Å². The zero-order chi connectivity index (χ0) is 7.98. The molecule has 0 atom stereocenters. The summed E-state index contributed by atoms with van der Waals surface area (Å²) in [6.45, 7) is 3.99. The second-order valence-electron chi connectivity index (χ2n) is 2.09. The number of carbonyl (C=O) groups excluding carboxylic acids is 1. The van der Waals surface area contributed by atoms with Crippen LogP contribution in [0.25, 0.3) is 0 Å². The van der Waals surface area contributed by atoms with E-state index >= 15 is 0 Å². The molecule has 0 aromatic carbocycles. The number of hydrogen-bond donors (Lipinski definition) is 0. The molecule has 0 amide bonds. The highest BCUT2D eigenvalue weighted by atomic mass is 79.9. The normalized spacial score (nSPS) is 10.9. The van der Waals surface area contributed by atoms with E-state index in [1.54, 1.807) is 5.94 Å². The molecule has 0 aliphatic carbocycles. The molecule has 10 heavy (non-hydrogen) atoms. The maximum atomic E-state index is 10.1. The van der Waals surface area contributed by atoms with Crippen molar-refractivity contribution in [1.29, 1.82) is 0 Å². The van der Waals surface area contributed by atoms with Crippen molar-refractivity contribution in [3.8, 4) is 0 Å². The maximum Gasteiger partial charge on any atom is 0.140 e. The summed E-state index contributed by atoms with van der Waals surface area (Å²) in [5, 5.41) is 0. The van der Waals surface area contributed by atoms with Crippen LogP contribution in [0.5, 0.6) is 0 Å². The number of unbranched alkanes of at least 4 members (excludes halogenated alkanes) is 1. The van der Waals surface area contributed by atoms with Crippen LogP contribution in [-0.2, 0) is 4.79 Å². The molecule has 56 valence electrons. The van der Waals surface area contributed by atoms with Crippen LogP contribution >= 0.6 is 15.9 Å². The van der Waals surface area contributed by atoms with E-state index in [1.807, 2.05) is 13.0 Å². The minimum absolute atomic E-state index is 0.529. The molecular formula is C8H11BrO. The summed E-state index contributed by atoms with van der Waals surface area (Å²) in [6, 6.07) is 0. The van der Waals surface area contributed by atoms with Crippen LogP contribution < -0.4 is 0 Å². The zero-order valence-corrected chi connectivity index (χ0v) is 7.86. The second-order valence-corrected chi connectivity index (χ2v) is 2.88. The molecule has 0 aromatic heterocycles. The van der Waals surface area contributed by atoms with Gasteiger partial charge in [0.15, 0.2) is 0 Å². The molecule has 0 heterocycles. The molecule has 0 N–H and O–H groups in total. The van der Waals surface area contributed by atoms with E-state index in [0.29, 0.717) is 4.48 Å². The van der Waals surface area contributed by atoms with Gasteiger partial charge in [0, 0.05) is 0 Å². The Labute approximate surface area is 69.9 Å². The van der Waals surface area contributed by atoms with E-state index in [0.717, 1.165) is 18.4 Å². The largest absolute Gasteiger partial charge is 0.232 e. The average molecular weight is 203 g/mol. The molecule has 2 heteroatoms. The molecule has 0 saturated heterocycles. The van der Waals surface area contributed by atoms with E-state index in [9.17, 15) is 4.79 Å². The summed E-state index contributed by atoms with van der Waals surface area (Å²) in [7, 11) is 0. The van der Waals surface area contributed by atoms with Crippen LogP contribution in [0.1, 0.15) is 26.7 Å². The molecule has 0 aliphatic heterocycles. The SMILES string of the molecule is CCC/C=C(/C)C(Br)=C=O. The van der Waals surface area contributed by atoms with Crippen LogP contribution in [0.4, 0.5) is 0 Å². The van der Waals surface area contributed by atoms with Gasteiger partial charge >= 0.3 is 0 Å². The van der Waals surface area contributed by atoms with E-state index in [1.165, 1.54) is 0 Å². The van der Waals surface area contributed by atoms with Crippen LogP contribution in [0.2, 0.25) is 0 Å². The van der Waals surface area contributed by atoms with Crippen molar-refractivity contribution in [2.24, 2.45) is 0 Å². The first-order chi connectivity index (χ1) is 4.72. The Morgan fingerprint density at radius 1 is 1.70 bits per heavy atom. The lowest BCUT2D eigenvalue weighted by atomic mass is 10.2. The molecule has 0 fully saturated rings. The van der Waals surface area contributed by atoms with Gasteiger partial charge in [-0.1, -0.05) is 19.4 Å². The highest BCUT2D eigenvalue weighted by Crippen LogP contribution is 2.13. The lowest BCUT2D eigenvalue weighted by Gasteiger charge is -1.92. The molecule has 0 rings (SSSR count). The van der Waals surface area contributed by atoms with Gasteiger partial charge in [-0.3, -0.25) is 0 Å². The van der Waals surface area contributed by atoms with E-state index in [-0.39, 0.29) is 0 Å². The quantitative estimate of drug-likeness (QED) is 0.509. The van der Waals surface area contributed by atoms with Crippen LogP contribution in [0, 0.1) is 0 Å². The third-order valence-corrected chi connectivity index (χ3v) is 1.96. The molecule has 0 aromatic rings. The Kier molecular flexibility index (Phi) is 5.27. The number of halogens is 1. The highest BCUT2D eigenvalue weighted by Gasteiger charge is 1.92. The van der Waals surface area contributed by atoms with Crippen molar-refractivity contribution < 1.29 is 4.79 Å². The molecule has 0 unspecified atom stereocenters. The van der Waals surface area contributed by atoms with Gasteiger partial charge in [-0.15, -0.1) is 0 Å². The van der Waals surface area contributed by atoms with Crippen molar-refractivity contribution in [2.75, 3.05) is 0 Å². The predicted octanol–water partition coefficient (Wildman–Crippen LogP) is 2.84. The minimum Gasteiger partial charge on any atom is -0.232 e. The van der Waals surface area contributed by atoms with Crippen molar-refractivity contribution >= 4 is 21.9 Å². The first-order valence-electron chi connectivity index (χ1n) is 3.30. The molecule has 0 radical (unpaired) electrons. The third kappa shape index (κ3) is 3.65. The maximum absolute atomic E-state index is 10.1. The summed E-state index contributed by atoms with van der Waals surface area (Å²) >= 11 is 3.10. The lowest BCUT2D eigenvalue weighted by Crippen LogP contribution is -1.75. The van der Waals surface area contributed by atoms with Crippen LogP contribution in [-0.4, -0.2) is 5.94 Å². The van der Waals surface area contributed by atoms with Gasteiger partial charge in [0.05, 0.1) is 0 Å². The fourth-order valence-corrected chi connectivity index (χ4v) is 0.693. The molecular weight excluding hydrogens is 192 g/mol. The fourth-order valence-electron chi connectivity index (χ4n) is 0.531. The molecule has 0 bridgehead atoms. The second kappa shape index (κ2) is 5.45. The Hall–Kier alpha value is -0.330. The number of rotatable bonds is 3. The first-order valence-corrected chi connectivity index (χ1v) is 4.09. The Morgan fingerprint density at radius 3 is 2.70 bits per heavy atom. The van der Waals surface area contributed by atoms with Gasteiger partial charge in [0.25, 0.3) is 0 Å². The van der Waals surface area contributed by atoms with Crippen molar-refractivity contribution in [1.82, 2.24) is 0 Å². The van der Waals surface area contributed by atoms with Gasteiger partial charge in [0.2, 0.25) is 0 Å². The van der Waals surface area contributed by atoms with E-state index in [4.69, 9.17) is 0 Å². The van der Waals surface area contributed by atoms with Crippen molar-refractivity contribution in [3.05, 3.63) is 16.1 Å². The fraction of sp³-hybridized carbons (Fsp3) is 0.500. The molecule has 0 saturated carbocycles. The summed E-state index contributed by atoms with van der Waals surface area (Å²) in [6.07, 6.45) is 4.15. The summed E-state index contributed by atoms with van der Waals surface area (Å²) in [4.78, 5) is 10.1. The standard InChI is InChI=1S/C8H11BrO/c1-3-4-5-7(2)8(9)6-10/h5H,3-4H2,1-2H3/b7-5-. The summed E-state index contributed by atoms with van der Waals surface area (Å²) in [5.74, 6) is 1.79. The van der Waals surface area contributed by atoms with Crippen molar-refractivity contribution in [2.45, 2.75) is 26.7 Å². The van der Waals surface area contributed by atoms with Gasteiger partial charge in [-0.05, 0) is 34.8 Å². The zero-order valence-electron chi connectivity index (χ0n) is 6.28. The summed E-state index contributed by atoms with van der Waals surface area (Å²) in [5.41, 5.74) is 0.969. The molecule has 1 nitrogen and oxygen atoms in total. The van der Waals surface area contributed by atoms with Gasteiger partial charge in [-0.25, -0.2) is 4.79 Å². The molecule has 0 spiro atoms. The third-order valence-electron chi connectivity index (χ3n) is 1.18. The highest BCUT2D eigenvalue weighted by molar-refractivity contribution is 9.12. The monoisotopic (exact) mass is 202 g/mol. The average Bonchev–Trinajstić information content (AvgIpc) is 1.98. The number of hydrogen-bond acceptors (Lipinski definition) is 1. The van der Waals surface area contributed by atoms with E-state index in [2.05, 4.69) is 22.9 Å². The topological polar surface area (TPSA) is 17.1 Å². The number of allylic oxidation sites excluding steroid dienone is 3.